The van der Waals surface area contributed by atoms with Crippen LogP contribution in [0.2, 0.25) is 5.02 Å². The van der Waals surface area contributed by atoms with Gasteiger partial charge in [-0.1, -0.05) is 56.5 Å². The van der Waals surface area contributed by atoms with Gasteiger partial charge >= 0.3 is 0 Å². The molecule has 1 atom stereocenters. The maximum Gasteiger partial charge on any atom is 0.156 e. The number of fused-ring (bicyclic) bond motifs is 1. The molecular weight excluding hydrogens is 320 g/mol. The fraction of sp³-hybridized carbons (Fsp3) is 0.368. The molecule has 1 aromatic carbocycles. The third-order valence-electron chi connectivity index (χ3n) is 4.39. The van der Waals surface area contributed by atoms with Crippen LogP contribution in [-0.4, -0.2) is 10.2 Å². The first kappa shape index (κ1) is 16.6. The number of hydrogen-bond donors (Lipinski definition) is 2. The highest BCUT2D eigenvalue weighted by Gasteiger charge is 2.34. The minimum Gasteiger partial charge on any atom is -0.341 e. The Morgan fingerprint density at radius 1 is 1.21 bits per heavy atom. The SMILES string of the molecule is CCCC1=C(C#N)C(c2ccccc2Cl)c2c(n[nH]c2CCC)N1. The van der Waals surface area contributed by atoms with Crippen LogP contribution in [0, 0.1) is 11.3 Å². The molecule has 0 bridgehead atoms. The predicted molar refractivity (Wildman–Crippen MR) is 97.0 cm³/mol. The van der Waals surface area contributed by atoms with Crippen molar-refractivity contribution in [3.63, 3.8) is 0 Å². The minimum atomic E-state index is -0.165. The molecule has 0 radical (unpaired) electrons. The largest absolute Gasteiger partial charge is 0.341 e. The monoisotopic (exact) mass is 340 g/mol. The number of nitrogens with one attached hydrogen (secondary N) is 2. The predicted octanol–water partition coefficient (Wildman–Crippen LogP) is 5.15. The summed E-state index contributed by atoms with van der Waals surface area (Å²) in [6.07, 6.45) is 3.69. The quantitative estimate of drug-likeness (QED) is 0.791. The number of anilines is 1. The van der Waals surface area contributed by atoms with Gasteiger partial charge in [0.2, 0.25) is 0 Å². The molecular formula is C19H21ClN4. The summed E-state index contributed by atoms with van der Waals surface area (Å²) in [4.78, 5) is 0. The Morgan fingerprint density at radius 2 is 1.96 bits per heavy atom. The van der Waals surface area contributed by atoms with Crippen molar-refractivity contribution in [2.75, 3.05) is 5.32 Å². The zero-order chi connectivity index (χ0) is 17.1. The van der Waals surface area contributed by atoms with Gasteiger partial charge < -0.3 is 5.32 Å². The van der Waals surface area contributed by atoms with Crippen LogP contribution in [0.15, 0.2) is 35.5 Å². The van der Waals surface area contributed by atoms with Gasteiger partial charge in [0.05, 0.1) is 17.6 Å². The summed E-state index contributed by atoms with van der Waals surface area (Å²) in [5.41, 5.74) is 4.79. The zero-order valence-electron chi connectivity index (χ0n) is 14.0. The van der Waals surface area contributed by atoms with Crippen molar-refractivity contribution in [2.24, 2.45) is 0 Å². The maximum atomic E-state index is 9.87. The second-order valence-corrected chi connectivity index (χ2v) is 6.46. The number of nitriles is 1. The van der Waals surface area contributed by atoms with E-state index in [9.17, 15) is 5.26 Å². The van der Waals surface area contributed by atoms with Crippen LogP contribution >= 0.6 is 11.6 Å². The number of rotatable bonds is 5. The number of allylic oxidation sites excluding steroid dienone is 2. The summed E-state index contributed by atoms with van der Waals surface area (Å²) in [7, 11) is 0. The van der Waals surface area contributed by atoms with E-state index in [0.717, 1.165) is 59.6 Å². The van der Waals surface area contributed by atoms with E-state index in [4.69, 9.17) is 11.6 Å². The van der Waals surface area contributed by atoms with E-state index in [2.05, 4.69) is 35.4 Å². The molecule has 0 aliphatic carbocycles. The molecule has 124 valence electrons. The Bertz CT molecular complexity index is 813. The van der Waals surface area contributed by atoms with Crippen LogP contribution < -0.4 is 5.32 Å². The third kappa shape index (κ3) is 2.81. The van der Waals surface area contributed by atoms with Crippen LogP contribution in [-0.2, 0) is 6.42 Å². The van der Waals surface area contributed by atoms with Crippen molar-refractivity contribution >= 4 is 17.4 Å². The van der Waals surface area contributed by atoms with E-state index in [-0.39, 0.29) is 5.92 Å². The molecule has 0 amide bonds. The topological polar surface area (TPSA) is 64.5 Å². The Hall–Kier alpha value is -2.25. The summed E-state index contributed by atoms with van der Waals surface area (Å²) >= 11 is 6.48. The van der Waals surface area contributed by atoms with Crippen molar-refractivity contribution in [3.05, 3.63) is 57.4 Å². The van der Waals surface area contributed by atoms with Gasteiger partial charge in [-0.15, -0.1) is 0 Å². The highest BCUT2D eigenvalue weighted by atomic mass is 35.5. The van der Waals surface area contributed by atoms with E-state index >= 15 is 0 Å². The van der Waals surface area contributed by atoms with E-state index in [0.29, 0.717) is 5.02 Å². The third-order valence-corrected chi connectivity index (χ3v) is 4.74. The van der Waals surface area contributed by atoms with Gasteiger partial charge in [-0.25, -0.2) is 0 Å². The lowest BCUT2D eigenvalue weighted by Crippen LogP contribution is -2.19. The standard InChI is InChI=1S/C19H21ClN4/c1-3-7-15-13(11-21)17(12-9-5-6-10-14(12)20)18-16(8-4-2)23-24-19(18)22-15/h5-6,9-10,17H,3-4,7-8H2,1-2H3,(H2,22,23,24). The Labute approximate surface area is 147 Å². The zero-order valence-corrected chi connectivity index (χ0v) is 14.7. The van der Waals surface area contributed by atoms with E-state index in [1.807, 2.05) is 24.3 Å². The molecule has 0 saturated heterocycles. The summed E-state index contributed by atoms with van der Waals surface area (Å²) in [6, 6.07) is 10.2. The van der Waals surface area contributed by atoms with Crippen molar-refractivity contribution in [1.82, 2.24) is 10.2 Å². The normalized spacial score (nSPS) is 16.5. The summed E-state index contributed by atoms with van der Waals surface area (Å²) in [5.74, 6) is 0.660. The van der Waals surface area contributed by atoms with Crippen LogP contribution in [0.1, 0.15) is 55.8 Å². The molecule has 1 aliphatic rings. The van der Waals surface area contributed by atoms with Gasteiger partial charge in [-0.05, 0) is 24.5 Å². The highest BCUT2D eigenvalue weighted by Crippen LogP contribution is 2.45. The highest BCUT2D eigenvalue weighted by molar-refractivity contribution is 6.31. The number of H-pyrrole nitrogens is 1. The van der Waals surface area contributed by atoms with Crippen LogP contribution in [0.3, 0.4) is 0 Å². The van der Waals surface area contributed by atoms with E-state index in [1.165, 1.54) is 0 Å². The first-order valence-electron chi connectivity index (χ1n) is 8.42. The first-order valence-corrected chi connectivity index (χ1v) is 8.80. The molecule has 0 saturated carbocycles. The lowest BCUT2D eigenvalue weighted by molar-refractivity contribution is 0.823. The molecule has 1 aliphatic heterocycles. The number of nitrogens with zero attached hydrogens (tertiary/aromatic N) is 2. The lowest BCUT2D eigenvalue weighted by Gasteiger charge is -2.27. The number of hydrogen-bond acceptors (Lipinski definition) is 3. The second-order valence-electron chi connectivity index (χ2n) is 6.05. The van der Waals surface area contributed by atoms with Crippen molar-refractivity contribution < 1.29 is 0 Å². The Balaban J connectivity index is 2.23. The van der Waals surface area contributed by atoms with Gasteiger partial charge in [0.15, 0.2) is 5.82 Å². The van der Waals surface area contributed by atoms with Crippen LogP contribution in [0.25, 0.3) is 0 Å². The molecule has 1 aromatic heterocycles. The average molecular weight is 341 g/mol. The number of aromatic nitrogens is 2. The van der Waals surface area contributed by atoms with Crippen molar-refractivity contribution in [2.45, 2.75) is 45.4 Å². The molecule has 24 heavy (non-hydrogen) atoms. The number of aromatic amines is 1. The fourth-order valence-corrected chi connectivity index (χ4v) is 3.61. The second kappa shape index (κ2) is 7.11. The first-order chi connectivity index (χ1) is 11.7. The lowest BCUT2D eigenvalue weighted by atomic mass is 9.80. The smallest absolute Gasteiger partial charge is 0.156 e. The number of halogens is 1. The molecule has 1 unspecified atom stereocenters. The molecule has 2 aromatic rings. The molecule has 2 heterocycles. The minimum absolute atomic E-state index is 0.165. The molecule has 2 N–H and O–H groups in total. The van der Waals surface area contributed by atoms with E-state index in [1.54, 1.807) is 0 Å². The number of aryl methyl sites for hydroxylation is 1. The van der Waals surface area contributed by atoms with Crippen LogP contribution in [0.5, 0.6) is 0 Å². The fourth-order valence-electron chi connectivity index (χ4n) is 3.36. The Morgan fingerprint density at radius 3 is 2.62 bits per heavy atom. The molecule has 4 nitrogen and oxygen atoms in total. The number of benzene rings is 1. The van der Waals surface area contributed by atoms with E-state index < -0.39 is 0 Å². The summed E-state index contributed by atoms with van der Waals surface area (Å²) in [6.45, 7) is 4.24. The van der Waals surface area contributed by atoms with Crippen molar-refractivity contribution in [1.29, 1.82) is 5.26 Å². The molecule has 0 spiro atoms. The van der Waals surface area contributed by atoms with Gasteiger partial charge in [-0.2, -0.15) is 10.4 Å². The van der Waals surface area contributed by atoms with Gasteiger partial charge in [-0.3, -0.25) is 5.10 Å². The molecule has 5 heteroatoms. The van der Waals surface area contributed by atoms with Gasteiger partial charge in [0, 0.05) is 22.0 Å². The molecule has 3 rings (SSSR count). The Kier molecular flexibility index (Phi) is 4.92. The average Bonchev–Trinajstić information content (AvgIpc) is 2.98. The van der Waals surface area contributed by atoms with Crippen LogP contribution in [0.4, 0.5) is 5.82 Å². The summed E-state index contributed by atoms with van der Waals surface area (Å²) in [5, 5.41) is 21.5. The van der Waals surface area contributed by atoms with Gasteiger partial charge in [0.25, 0.3) is 0 Å². The molecule has 0 fully saturated rings. The van der Waals surface area contributed by atoms with Gasteiger partial charge in [0.1, 0.15) is 0 Å². The summed E-state index contributed by atoms with van der Waals surface area (Å²) < 4.78 is 0. The van der Waals surface area contributed by atoms with Crippen molar-refractivity contribution in [3.8, 4) is 6.07 Å². The maximum absolute atomic E-state index is 9.87.